The number of anilines is 1. The van der Waals surface area contributed by atoms with Gasteiger partial charge in [0.2, 0.25) is 0 Å². The molecule has 0 aromatic heterocycles. The molecule has 0 saturated heterocycles. The summed E-state index contributed by atoms with van der Waals surface area (Å²) in [6.45, 7) is 0. The Balaban J connectivity index is 1.65. The first-order chi connectivity index (χ1) is 13.1. The number of nitrogens with zero attached hydrogens (tertiary/aromatic N) is 1. The van der Waals surface area contributed by atoms with Crippen molar-refractivity contribution >= 4 is 22.1 Å². The summed E-state index contributed by atoms with van der Waals surface area (Å²) in [5.74, 6) is 0.254. The Morgan fingerprint density at radius 3 is 2.81 bits per heavy atom. The summed E-state index contributed by atoms with van der Waals surface area (Å²) in [4.78, 5) is 10.7. The van der Waals surface area contributed by atoms with Crippen LogP contribution in [0.15, 0.2) is 66.7 Å². The van der Waals surface area contributed by atoms with Gasteiger partial charge in [-0.1, -0.05) is 48.6 Å². The molecule has 2 N–H and O–H groups in total. The SMILES string of the molecule is O=[N+]([O-])c1cc([C@H]2Nc3ccc4ccccc4c3[C@@H]3C=CC[C@H]23)ccc1O. The van der Waals surface area contributed by atoms with E-state index >= 15 is 0 Å². The highest BCUT2D eigenvalue weighted by atomic mass is 16.6. The van der Waals surface area contributed by atoms with Gasteiger partial charge < -0.3 is 10.4 Å². The zero-order chi connectivity index (χ0) is 18.5. The van der Waals surface area contributed by atoms with Crippen molar-refractivity contribution in [2.24, 2.45) is 5.92 Å². The third-order valence-corrected chi connectivity index (χ3v) is 5.81. The lowest BCUT2D eigenvalue weighted by Gasteiger charge is -2.38. The van der Waals surface area contributed by atoms with E-state index in [9.17, 15) is 15.2 Å². The normalized spacial score (nSPS) is 22.9. The first kappa shape index (κ1) is 15.9. The van der Waals surface area contributed by atoms with Crippen molar-refractivity contribution in [3.63, 3.8) is 0 Å². The third-order valence-electron chi connectivity index (χ3n) is 5.81. The van der Waals surface area contributed by atoms with E-state index in [4.69, 9.17) is 0 Å². The van der Waals surface area contributed by atoms with Gasteiger partial charge in [0.05, 0.1) is 11.0 Å². The second-order valence-electron chi connectivity index (χ2n) is 7.23. The lowest BCUT2D eigenvalue weighted by atomic mass is 9.75. The van der Waals surface area contributed by atoms with Gasteiger partial charge >= 0.3 is 5.69 Å². The highest BCUT2D eigenvalue weighted by Crippen LogP contribution is 2.52. The molecular formula is C22H18N2O3. The van der Waals surface area contributed by atoms with Gasteiger partial charge in [-0.05, 0) is 46.4 Å². The Morgan fingerprint density at radius 1 is 1.11 bits per heavy atom. The molecule has 0 bridgehead atoms. The second kappa shape index (κ2) is 5.84. The summed E-state index contributed by atoms with van der Waals surface area (Å²) in [5.41, 5.74) is 2.96. The monoisotopic (exact) mass is 358 g/mol. The van der Waals surface area contributed by atoms with Crippen LogP contribution in [-0.4, -0.2) is 10.0 Å². The predicted octanol–water partition coefficient (Wildman–Crippen LogP) is 5.28. The van der Waals surface area contributed by atoms with E-state index in [2.05, 4.69) is 47.8 Å². The molecule has 3 aromatic rings. The summed E-state index contributed by atoms with van der Waals surface area (Å²) in [5, 5.41) is 27.1. The van der Waals surface area contributed by atoms with Crippen molar-refractivity contribution in [1.29, 1.82) is 0 Å². The number of benzene rings is 3. The molecule has 0 radical (unpaired) electrons. The van der Waals surface area contributed by atoms with Crippen molar-refractivity contribution < 1.29 is 10.0 Å². The van der Waals surface area contributed by atoms with Gasteiger partial charge in [-0.3, -0.25) is 10.1 Å². The van der Waals surface area contributed by atoms with Crippen molar-refractivity contribution in [2.75, 3.05) is 5.32 Å². The lowest BCUT2D eigenvalue weighted by molar-refractivity contribution is -0.385. The number of nitro groups is 1. The highest BCUT2D eigenvalue weighted by Gasteiger charge is 2.39. The molecule has 0 fully saturated rings. The topological polar surface area (TPSA) is 75.4 Å². The van der Waals surface area contributed by atoms with Crippen LogP contribution in [0.3, 0.4) is 0 Å². The molecule has 5 rings (SSSR count). The number of fused-ring (bicyclic) bond motifs is 5. The molecule has 0 spiro atoms. The lowest BCUT2D eigenvalue weighted by Crippen LogP contribution is -2.29. The molecule has 2 aliphatic rings. The van der Waals surface area contributed by atoms with Crippen molar-refractivity contribution in [3.8, 4) is 5.75 Å². The van der Waals surface area contributed by atoms with Crippen molar-refractivity contribution in [2.45, 2.75) is 18.4 Å². The van der Waals surface area contributed by atoms with Gasteiger partial charge in [-0.2, -0.15) is 0 Å². The van der Waals surface area contributed by atoms with Gasteiger partial charge in [0, 0.05) is 17.7 Å². The standard InChI is InChI=1S/C22H18N2O3/c25-20-11-9-14(12-19(20)24(26)27)22-17-7-3-6-16(17)21-15-5-2-1-4-13(15)8-10-18(21)23-22/h1-6,8-12,16-17,22-23,25H,7H2/t16-,17+,22-/m1/s1. The quantitative estimate of drug-likeness (QED) is 0.371. The van der Waals surface area contributed by atoms with E-state index in [1.807, 2.05) is 6.07 Å². The van der Waals surface area contributed by atoms with Crippen LogP contribution in [0.1, 0.15) is 29.5 Å². The average molecular weight is 358 g/mol. The summed E-state index contributed by atoms with van der Waals surface area (Å²) in [6, 6.07) is 17.2. The Morgan fingerprint density at radius 2 is 1.96 bits per heavy atom. The second-order valence-corrected chi connectivity index (χ2v) is 7.23. The molecular weight excluding hydrogens is 340 g/mol. The maximum absolute atomic E-state index is 11.2. The minimum Gasteiger partial charge on any atom is -0.502 e. The average Bonchev–Trinajstić information content (AvgIpc) is 3.17. The van der Waals surface area contributed by atoms with Gasteiger partial charge in [-0.15, -0.1) is 0 Å². The van der Waals surface area contributed by atoms with Crippen LogP contribution in [0.2, 0.25) is 0 Å². The Bertz CT molecular complexity index is 1110. The van der Waals surface area contributed by atoms with E-state index in [0.717, 1.165) is 17.7 Å². The molecule has 134 valence electrons. The van der Waals surface area contributed by atoms with Crippen LogP contribution in [-0.2, 0) is 0 Å². The predicted molar refractivity (Wildman–Crippen MR) is 105 cm³/mol. The summed E-state index contributed by atoms with van der Waals surface area (Å²) >= 11 is 0. The molecule has 0 unspecified atom stereocenters. The van der Waals surface area contributed by atoms with E-state index in [-0.39, 0.29) is 29.3 Å². The summed E-state index contributed by atoms with van der Waals surface area (Å²) < 4.78 is 0. The van der Waals surface area contributed by atoms with E-state index < -0.39 is 4.92 Å². The number of hydrogen-bond donors (Lipinski definition) is 2. The van der Waals surface area contributed by atoms with Crippen LogP contribution >= 0.6 is 0 Å². The maximum Gasteiger partial charge on any atom is 0.311 e. The molecule has 5 heteroatoms. The molecule has 0 amide bonds. The van der Waals surface area contributed by atoms with Crippen LogP contribution in [0.4, 0.5) is 11.4 Å². The molecule has 3 atom stereocenters. The zero-order valence-corrected chi connectivity index (χ0v) is 14.5. The number of nitrogens with one attached hydrogen (secondary N) is 1. The maximum atomic E-state index is 11.2. The Labute approximate surface area is 156 Å². The van der Waals surface area contributed by atoms with Crippen molar-refractivity contribution in [3.05, 3.63) is 88.0 Å². The zero-order valence-electron chi connectivity index (χ0n) is 14.5. The fourth-order valence-corrected chi connectivity index (χ4v) is 4.59. The number of aromatic hydroxyl groups is 1. The van der Waals surface area contributed by atoms with Crippen LogP contribution in [0.5, 0.6) is 5.75 Å². The number of allylic oxidation sites excluding steroid dienone is 2. The molecule has 5 nitrogen and oxygen atoms in total. The van der Waals surface area contributed by atoms with Crippen LogP contribution in [0.25, 0.3) is 10.8 Å². The van der Waals surface area contributed by atoms with E-state index in [1.165, 1.54) is 28.5 Å². The van der Waals surface area contributed by atoms with E-state index in [0.29, 0.717) is 0 Å². The van der Waals surface area contributed by atoms with Gasteiger partial charge in [0.25, 0.3) is 0 Å². The highest BCUT2D eigenvalue weighted by molar-refractivity contribution is 5.91. The number of nitro benzene ring substituents is 1. The number of phenols is 1. The molecule has 27 heavy (non-hydrogen) atoms. The minimum absolute atomic E-state index is 0.0436. The van der Waals surface area contributed by atoms with Gasteiger partial charge in [0.1, 0.15) is 0 Å². The van der Waals surface area contributed by atoms with Crippen molar-refractivity contribution in [1.82, 2.24) is 0 Å². The molecule has 0 saturated carbocycles. The summed E-state index contributed by atoms with van der Waals surface area (Å²) in [7, 11) is 0. The molecule has 3 aromatic carbocycles. The fraction of sp³-hybridized carbons (Fsp3) is 0.182. The molecule has 1 aliphatic carbocycles. The fourth-order valence-electron chi connectivity index (χ4n) is 4.59. The summed E-state index contributed by atoms with van der Waals surface area (Å²) in [6.07, 6.45) is 5.38. The smallest absolute Gasteiger partial charge is 0.311 e. The van der Waals surface area contributed by atoms with Crippen LogP contribution in [0, 0.1) is 16.0 Å². The minimum atomic E-state index is -0.534. The number of phenolic OH excluding ortho intramolecular Hbond substituents is 1. The van der Waals surface area contributed by atoms with Crippen LogP contribution < -0.4 is 5.32 Å². The Kier molecular flexibility index (Phi) is 3.44. The van der Waals surface area contributed by atoms with E-state index in [1.54, 1.807) is 6.07 Å². The molecule has 1 heterocycles. The molecule has 1 aliphatic heterocycles. The third kappa shape index (κ3) is 2.39. The first-order valence-electron chi connectivity index (χ1n) is 9.05. The number of hydrogen-bond acceptors (Lipinski definition) is 4. The van der Waals surface area contributed by atoms with Gasteiger partial charge in [0.15, 0.2) is 5.75 Å². The first-order valence-corrected chi connectivity index (χ1v) is 9.05. The number of rotatable bonds is 2. The Hall–Kier alpha value is -3.34. The largest absolute Gasteiger partial charge is 0.502 e. The van der Waals surface area contributed by atoms with Gasteiger partial charge in [-0.25, -0.2) is 0 Å².